The van der Waals surface area contributed by atoms with Crippen LogP contribution < -0.4 is 15.4 Å². The SMILES string of the molecule is Cc1cc(C)cc(OCCNC(=O)c2cccc(NC(=O)C3CC3)c2)c1. The molecule has 1 aliphatic rings. The number of aryl methyl sites for hydroxylation is 2. The molecule has 0 spiro atoms. The van der Waals surface area contributed by atoms with Gasteiger partial charge in [0.2, 0.25) is 5.91 Å². The second-order valence-corrected chi connectivity index (χ2v) is 6.77. The summed E-state index contributed by atoms with van der Waals surface area (Å²) < 4.78 is 5.69. The van der Waals surface area contributed by atoms with Crippen molar-refractivity contribution < 1.29 is 14.3 Å². The molecule has 2 aromatic rings. The lowest BCUT2D eigenvalue weighted by Gasteiger charge is -2.10. The molecule has 0 saturated heterocycles. The summed E-state index contributed by atoms with van der Waals surface area (Å²) >= 11 is 0. The van der Waals surface area contributed by atoms with Crippen LogP contribution in [0.15, 0.2) is 42.5 Å². The number of carbonyl (C=O) groups excluding carboxylic acids is 2. The highest BCUT2D eigenvalue weighted by Crippen LogP contribution is 2.30. The minimum Gasteiger partial charge on any atom is -0.492 e. The summed E-state index contributed by atoms with van der Waals surface area (Å²) in [5.41, 5.74) is 3.47. The molecule has 0 atom stereocenters. The predicted molar refractivity (Wildman–Crippen MR) is 102 cm³/mol. The molecule has 0 unspecified atom stereocenters. The fourth-order valence-corrected chi connectivity index (χ4v) is 2.78. The van der Waals surface area contributed by atoms with Gasteiger partial charge in [-0.25, -0.2) is 0 Å². The summed E-state index contributed by atoms with van der Waals surface area (Å²) in [6.07, 6.45) is 1.90. The molecule has 2 aromatic carbocycles. The maximum atomic E-state index is 12.3. The predicted octanol–water partition coefficient (Wildman–Crippen LogP) is 3.46. The molecular weight excluding hydrogens is 328 g/mol. The molecule has 136 valence electrons. The normalized spacial score (nSPS) is 13.2. The molecule has 2 amide bonds. The maximum Gasteiger partial charge on any atom is 0.251 e. The number of anilines is 1. The van der Waals surface area contributed by atoms with Gasteiger partial charge in [-0.1, -0.05) is 12.1 Å². The number of ether oxygens (including phenoxy) is 1. The molecule has 1 aliphatic carbocycles. The van der Waals surface area contributed by atoms with Crippen LogP contribution >= 0.6 is 0 Å². The highest BCUT2D eigenvalue weighted by molar-refractivity contribution is 5.98. The largest absolute Gasteiger partial charge is 0.492 e. The van der Waals surface area contributed by atoms with Gasteiger partial charge in [0, 0.05) is 17.2 Å². The fourth-order valence-electron chi connectivity index (χ4n) is 2.78. The Kier molecular flexibility index (Phi) is 5.56. The van der Waals surface area contributed by atoms with Gasteiger partial charge in [-0.3, -0.25) is 9.59 Å². The maximum absolute atomic E-state index is 12.3. The number of hydrogen-bond acceptors (Lipinski definition) is 3. The zero-order valence-electron chi connectivity index (χ0n) is 15.2. The van der Waals surface area contributed by atoms with E-state index in [9.17, 15) is 9.59 Å². The summed E-state index contributed by atoms with van der Waals surface area (Å²) in [7, 11) is 0. The minimum absolute atomic E-state index is 0.0319. The van der Waals surface area contributed by atoms with E-state index in [1.54, 1.807) is 24.3 Å². The van der Waals surface area contributed by atoms with Gasteiger partial charge in [0.25, 0.3) is 5.91 Å². The third-order valence-corrected chi connectivity index (χ3v) is 4.19. The Bertz CT molecular complexity index is 792. The van der Waals surface area contributed by atoms with E-state index in [-0.39, 0.29) is 17.7 Å². The van der Waals surface area contributed by atoms with Crippen LogP contribution in [0.25, 0.3) is 0 Å². The van der Waals surface area contributed by atoms with E-state index in [1.165, 1.54) is 0 Å². The van der Waals surface area contributed by atoms with Crippen LogP contribution in [-0.2, 0) is 4.79 Å². The molecule has 0 aliphatic heterocycles. The van der Waals surface area contributed by atoms with Gasteiger partial charge in [-0.15, -0.1) is 0 Å². The lowest BCUT2D eigenvalue weighted by molar-refractivity contribution is -0.117. The van der Waals surface area contributed by atoms with E-state index in [0.29, 0.717) is 24.4 Å². The smallest absolute Gasteiger partial charge is 0.251 e. The third kappa shape index (κ3) is 5.09. The highest BCUT2D eigenvalue weighted by Gasteiger charge is 2.29. The van der Waals surface area contributed by atoms with Gasteiger partial charge in [-0.05, 0) is 68.1 Å². The zero-order chi connectivity index (χ0) is 18.5. The molecule has 3 rings (SSSR count). The number of nitrogens with one attached hydrogen (secondary N) is 2. The molecule has 1 fully saturated rings. The number of amides is 2. The molecule has 1 saturated carbocycles. The third-order valence-electron chi connectivity index (χ3n) is 4.19. The lowest BCUT2D eigenvalue weighted by Crippen LogP contribution is -2.28. The van der Waals surface area contributed by atoms with Crippen molar-refractivity contribution in [3.8, 4) is 5.75 Å². The molecule has 5 nitrogen and oxygen atoms in total. The Balaban J connectivity index is 1.47. The van der Waals surface area contributed by atoms with Crippen molar-refractivity contribution in [2.75, 3.05) is 18.5 Å². The number of hydrogen-bond donors (Lipinski definition) is 2. The average molecular weight is 352 g/mol. The molecule has 26 heavy (non-hydrogen) atoms. The summed E-state index contributed by atoms with van der Waals surface area (Å²) in [5, 5.41) is 5.69. The first-order valence-corrected chi connectivity index (χ1v) is 8.91. The van der Waals surface area contributed by atoms with Crippen molar-refractivity contribution in [3.63, 3.8) is 0 Å². The van der Waals surface area contributed by atoms with E-state index in [1.807, 2.05) is 26.0 Å². The summed E-state index contributed by atoms with van der Waals surface area (Å²) in [6.45, 7) is 4.85. The van der Waals surface area contributed by atoms with Crippen LogP contribution in [0.2, 0.25) is 0 Å². The average Bonchev–Trinajstić information content (AvgIpc) is 3.43. The fraction of sp³-hybridized carbons (Fsp3) is 0.333. The van der Waals surface area contributed by atoms with Crippen LogP contribution in [0.3, 0.4) is 0 Å². The second-order valence-electron chi connectivity index (χ2n) is 6.77. The summed E-state index contributed by atoms with van der Waals surface area (Å²) in [6, 6.07) is 13.0. The molecule has 0 aromatic heterocycles. The van der Waals surface area contributed by atoms with Crippen molar-refractivity contribution in [2.45, 2.75) is 26.7 Å². The summed E-state index contributed by atoms with van der Waals surface area (Å²) in [5.74, 6) is 0.789. The standard InChI is InChI=1S/C21H24N2O3/c1-14-10-15(2)12-19(11-14)26-9-8-22-20(24)17-4-3-5-18(13-17)23-21(25)16-6-7-16/h3-5,10-13,16H,6-9H2,1-2H3,(H,22,24)(H,23,25). The zero-order valence-corrected chi connectivity index (χ0v) is 15.2. The first-order chi connectivity index (χ1) is 12.5. The molecule has 0 bridgehead atoms. The monoisotopic (exact) mass is 352 g/mol. The van der Waals surface area contributed by atoms with Crippen molar-refractivity contribution in [1.82, 2.24) is 5.32 Å². The highest BCUT2D eigenvalue weighted by atomic mass is 16.5. The van der Waals surface area contributed by atoms with Gasteiger partial charge in [-0.2, -0.15) is 0 Å². The van der Waals surface area contributed by atoms with E-state index < -0.39 is 0 Å². The Morgan fingerprint density at radius 1 is 1.08 bits per heavy atom. The van der Waals surface area contributed by atoms with Crippen LogP contribution in [-0.4, -0.2) is 25.0 Å². The molecule has 0 radical (unpaired) electrons. The van der Waals surface area contributed by atoms with Crippen LogP contribution in [0.4, 0.5) is 5.69 Å². The van der Waals surface area contributed by atoms with Crippen LogP contribution in [0, 0.1) is 19.8 Å². The van der Waals surface area contributed by atoms with Crippen molar-refractivity contribution in [3.05, 3.63) is 59.2 Å². The van der Waals surface area contributed by atoms with E-state index >= 15 is 0 Å². The Morgan fingerprint density at radius 2 is 1.81 bits per heavy atom. The Morgan fingerprint density at radius 3 is 2.50 bits per heavy atom. The Labute approximate surface area is 153 Å². The number of rotatable bonds is 7. The van der Waals surface area contributed by atoms with Crippen LogP contribution in [0.5, 0.6) is 5.75 Å². The van der Waals surface area contributed by atoms with Crippen molar-refractivity contribution in [1.29, 1.82) is 0 Å². The lowest BCUT2D eigenvalue weighted by atomic mass is 10.1. The molecule has 0 heterocycles. The van der Waals surface area contributed by atoms with Gasteiger partial charge < -0.3 is 15.4 Å². The number of benzene rings is 2. The first-order valence-electron chi connectivity index (χ1n) is 8.91. The van der Waals surface area contributed by atoms with E-state index in [4.69, 9.17) is 4.74 Å². The molecule has 2 N–H and O–H groups in total. The minimum atomic E-state index is -0.184. The topological polar surface area (TPSA) is 67.4 Å². The van der Waals surface area contributed by atoms with E-state index in [0.717, 1.165) is 29.7 Å². The van der Waals surface area contributed by atoms with Gasteiger partial charge >= 0.3 is 0 Å². The molecule has 5 heteroatoms. The van der Waals surface area contributed by atoms with Crippen LogP contribution in [0.1, 0.15) is 34.3 Å². The first kappa shape index (κ1) is 18.0. The van der Waals surface area contributed by atoms with Gasteiger partial charge in [0.05, 0.1) is 6.54 Å². The summed E-state index contributed by atoms with van der Waals surface area (Å²) in [4.78, 5) is 24.1. The van der Waals surface area contributed by atoms with Gasteiger partial charge in [0.15, 0.2) is 0 Å². The van der Waals surface area contributed by atoms with Crippen molar-refractivity contribution in [2.24, 2.45) is 5.92 Å². The molecular formula is C21H24N2O3. The number of carbonyl (C=O) groups is 2. The Hall–Kier alpha value is -2.82. The second kappa shape index (κ2) is 8.04. The van der Waals surface area contributed by atoms with Gasteiger partial charge in [0.1, 0.15) is 12.4 Å². The quantitative estimate of drug-likeness (QED) is 0.750. The van der Waals surface area contributed by atoms with E-state index in [2.05, 4.69) is 16.7 Å². The van der Waals surface area contributed by atoms with Crippen molar-refractivity contribution >= 4 is 17.5 Å².